The molecule has 0 saturated carbocycles. The quantitative estimate of drug-likeness (QED) is 0.434. The van der Waals surface area contributed by atoms with Gasteiger partial charge in [-0.15, -0.1) is 11.3 Å². The molecule has 1 aliphatic carbocycles. The number of thiophene rings is 1. The van der Waals surface area contributed by atoms with Crippen LogP contribution in [-0.2, 0) is 22.4 Å². The van der Waals surface area contributed by atoms with Gasteiger partial charge in [0, 0.05) is 11.3 Å². The average Bonchev–Trinajstić information content (AvgIpc) is 3.08. The second-order valence-electron chi connectivity index (χ2n) is 9.27. The minimum absolute atomic E-state index is 0.107. The molecule has 1 atom stereocenters. The second kappa shape index (κ2) is 9.86. The number of ether oxygens (including phenoxy) is 2. The molecule has 6 heteroatoms. The van der Waals surface area contributed by atoms with Crippen LogP contribution in [0.2, 0.25) is 0 Å². The van der Waals surface area contributed by atoms with Crippen LogP contribution < -0.4 is 10.1 Å². The molecule has 5 nitrogen and oxygen atoms in total. The first-order valence-electron chi connectivity index (χ1n) is 10.9. The van der Waals surface area contributed by atoms with Crippen LogP contribution in [0, 0.1) is 18.3 Å². The van der Waals surface area contributed by atoms with Crippen LogP contribution in [0.1, 0.15) is 66.4 Å². The number of fused-ring (bicyclic) bond motifs is 1. The predicted molar refractivity (Wildman–Crippen MR) is 125 cm³/mol. The summed E-state index contributed by atoms with van der Waals surface area (Å²) >= 11 is 1.53. The monoisotopic (exact) mass is 443 g/mol. The number of carbonyl (C=O) groups is 2. The van der Waals surface area contributed by atoms with Crippen LogP contribution in [0.3, 0.4) is 0 Å². The third kappa shape index (κ3) is 5.67. The van der Waals surface area contributed by atoms with E-state index in [0.29, 0.717) is 35.9 Å². The summed E-state index contributed by atoms with van der Waals surface area (Å²) in [6, 6.07) is 7.84. The van der Waals surface area contributed by atoms with Gasteiger partial charge in [-0.3, -0.25) is 4.79 Å². The van der Waals surface area contributed by atoms with Crippen molar-refractivity contribution in [1.82, 2.24) is 0 Å². The third-order valence-electron chi connectivity index (χ3n) is 6.03. The summed E-state index contributed by atoms with van der Waals surface area (Å²) in [5.41, 5.74) is 2.88. The number of anilines is 1. The van der Waals surface area contributed by atoms with E-state index in [9.17, 15) is 9.59 Å². The number of amides is 1. The molecule has 1 heterocycles. The summed E-state index contributed by atoms with van der Waals surface area (Å²) < 4.78 is 10.8. The van der Waals surface area contributed by atoms with Gasteiger partial charge in [0.05, 0.1) is 19.3 Å². The van der Waals surface area contributed by atoms with E-state index in [1.165, 1.54) is 23.3 Å². The summed E-state index contributed by atoms with van der Waals surface area (Å²) in [6.07, 6.45) is 3.76. The third-order valence-corrected chi connectivity index (χ3v) is 7.20. The zero-order valence-electron chi connectivity index (χ0n) is 19.2. The van der Waals surface area contributed by atoms with Gasteiger partial charge in [-0.25, -0.2) is 4.79 Å². The lowest BCUT2D eigenvalue weighted by Crippen LogP contribution is -2.26. The lowest BCUT2D eigenvalue weighted by atomic mass is 9.72. The Hall–Kier alpha value is -2.34. The van der Waals surface area contributed by atoms with Crippen LogP contribution >= 0.6 is 11.3 Å². The van der Waals surface area contributed by atoms with Gasteiger partial charge in [-0.2, -0.15) is 0 Å². The minimum Gasteiger partial charge on any atom is -0.493 e. The molecular formula is C25H33NO4S. The Kier molecular flexibility index (Phi) is 7.42. The average molecular weight is 444 g/mol. The number of aryl methyl sites for hydroxylation is 1. The highest BCUT2D eigenvalue weighted by Crippen LogP contribution is 2.44. The largest absolute Gasteiger partial charge is 0.493 e. The Morgan fingerprint density at radius 2 is 1.97 bits per heavy atom. The first-order chi connectivity index (χ1) is 14.7. The molecule has 1 N–H and O–H groups in total. The number of benzene rings is 1. The van der Waals surface area contributed by atoms with Crippen LogP contribution in [0.15, 0.2) is 24.3 Å². The molecule has 0 radical (unpaired) electrons. The maximum absolute atomic E-state index is 12.6. The summed E-state index contributed by atoms with van der Waals surface area (Å²) in [5.74, 6) is 0.927. The molecule has 168 valence electrons. The maximum atomic E-state index is 12.6. The van der Waals surface area contributed by atoms with Crippen LogP contribution in [0.5, 0.6) is 5.75 Å². The normalized spacial score (nSPS) is 15.8. The van der Waals surface area contributed by atoms with Crippen molar-refractivity contribution in [2.24, 2.45) is 11.3 Å². The highest BCUT2D eigenvalue weighted by molar-refractivity contribution is 7.17. The Balaban J connectivity index is 1.64. The van der Waals surface area contributed by atoms with E-state index in [-0.39, 0.29) is 17.3 Å². The fraction of sp³-hybridized carbons (Fsp3) is 0.520. The number of para-hydroxylation sites is 1. The zero-order chi connectivity index (χ0) is 22.6. The highest BCUT2D eigenvalue weighted by Gasteiger charge is 2.34. The fourth-order valence-electron chi connectivity index (χ4n) is 4.05. The van der Waals surface area contributed by atoms with Gasteiger partial charge < -0.3 is 14.8 Å². The molecule has 1 aliphatic rings. The number of esters is 1. The lowest BCUT2D eigenvalue weighted by Gasteiger charge is -2.33. The van der Waals surface area contributed by atoms with E-state index < -0.39 is 0 Å². The molecule has 1 aromatic carbocycles. The van der Waals surface area contributed by atoms with Gasteiger partial charge in [0.2, 0.25) is 5.91 Å². The van der Waals surface area contributed by atoms with Crippen LogP contribution in [0.4, 0.5) is 5.00 Å². The Labute approximate surface area is 189 Å². The molecule has 1 aromatic heterocycles. The van der Waals surface area contributed by atoms with Crippen LogP contribution in [-0.4, -0.2) is 25.6 Å². The molecule has 0 aliphatic heterocycles. The fourth-order valence-corrected chi connectivity index (χ4v) is 5.39. The van der Waals surface area contributed by atoms with E-state index in [1.54, 1.807) is 0 Å². The first kappa shape index (κ1) is 23.3. The maximum Gasteiger partial charge on any atom is 0.341 e. The van der Waals surface area contributed by atoms with Crippen molar-refractivity contribution in [3.8, 4) is 5.75 Å². The topological polar surface area (TPSA) is 64.6 Å². The smallest absolute Gasteiger partial charge is 0.341 e. The number of hydrogen-bond donors (Lipinski definition) is 1. The van der Waals surface area contributed by atoms with E-state index in [2.05, 4.69) is 26.1 Å². The molecule has 2 aromatic rings. The summed E-state index contributed by atoms with van der Waals surface area (Å²) in [5, 5.41) is 3.59. The van der Waals surface area contributed by atoms with Gasteiger partial charge in [0.25, 0.3) is 0 Å². The van der Waals surface area contributed by atoms with Crippen molar-refractivity contribution in [2.75, 3.05) is 19.0 Å². The van der Waals surface area contributed by atoms with Crippen molar-refractivity contribution in [1.29, 1.82) is 0 Å². The van der Waals surface area contributed by atoms with Crippen molar-refractivity contribution >= 4 is 28.2 Å². The molecule has 0 fully saturated rings. The molecule has 1 amide bonds. The lowest BCUT2D eigenvalue weighted by molar-refractivity contribution is -0.116. The standard InChI is InChI=1S/C25H33NO4S/c1-16-9-6-7-10-19(16)30-14-8-11-21(27)26-23-22(24(28)29-5)18-13-12-17(25(2,3)4)15-20(18)31-23/h6-7,9-10,17H,8,11-15H2,1-5H3,(H,26,27). The van der Waals surface area contributed by atoms with Crippen molar-refractivity contribution in [3.63, 3.8) is 0 Å². The SMILES string of the molecule is COC(=O)c1c(NC(=O)CCCOc2ccccc2C)sc2c1CCC(C(C)(C)C)C2. The van der Waals surface area contributed by atoms with Gasteiger partial charge in [0.15, 0.2) is 0 Å². The van der Waals surface area contributed by atoms with Crippen molar-refractivity contribution in [3.05, 3.63) is 45.8 Å². The Bertz CT molecular complexity index is 941. The van der Waals surface area contributed by atoms with Crippen molar-refractivity contribution < 1.29 is 19.1 Å². The minimum atomic E-state index is -0.370. The Morgan fingerprint density at radius 3 is 2.65 bits per heavy atom. The second-order valence-corrected chi connectivity index (χ2v) is 10.4. The van der Waals surface area contributed by atoms with Gasteiger partial charge >= 0.3 is 5.97 Å². The molecule has 3 rings (SSSR count). The van der Waals surface area contributed by atoms with Crippen molar-refractivity contribution in [2.45, 2.75) is 59.8 Å². The predicted octanol–water partition coefficient (Wildman–Crippen LogP) is 5.79. The first-order valence-corrected chi connectivity index (χ1v) is 11.7. The highest BCUT2D eigenvalue weighted by atomic mass is 32.1. The van der Waals surface area contributed by atoms with Gasteiger partial charge in [-0.1, -0.05) is 39.0 Å². The molecule has 31 heavy (non-hydrogen) atoms. The molecule has 0 spiro atoms. The number of methoxy groups -OCH3 is 1. The molecular weight excluding hydrogens is 410 g/mol. The summed E-state index contributed by atoms with van der Waals surface area (Å²) in [7, 11) is 1.39. The van der Waals surface area contributed by atoms with Crippen LogP contribution in [0.25, 0.3) is 0 Å². The van der Waals surface area contributed by atoms with Gasteiger partial charge in [0.1, 0.15) is 10.8 Å². The van der Waals surface area contributed by atoms with E-state index in [1.807, 2.05) is 31.2 Å². The van der Waals surface area contributed by atoms with E-state index in [0.717, 1.165) is 36.1 Å². The summed E-state index contributed by atoms with van der Waals surface area (Å²) in [4.78, 5) is 26.3. The number of rotatable bonds is 7. The molecule has 1 unspecified atom stereocenters. The number of carbonyl (C=O) groups excluding carboxylic acids is 2. The number of nitrogens with one attached hydrogen (secondary N) is 1. The molecule has 0 bridgehead atoms. The molecule has 0 saturated heterocycles. The van der Waals surface area contributed by atoms with E-state index in [4.69, 9.17) is 9.47 Å². The zero-order valence-corrected chi connectivity index (χ0v) is 20.0. The number of hydrogen-bond acceptors (Lipinski definition) is 5. The van der Waals surface area contributed by atoms with Gasteiger partial charge in [-0.05, 0) is 61.1 Å². The Morgan fingerprint density at radius 1 is 1.23 bits per heavy atom. The summed E-state index contributed by atoms with van der Waals surface area (Å²) in [6.45, 7) is 9.26. The van der Waals surface area contributed by atoms with E-state index >= 15 is 0 Å².